The number of nitrogens with zero attached hydrogens (tertiary/aromatic N) is 4. The first-order valence-electron chi connectivity index (χ1n) is 11.7. The third-order valence-corrected chi connectivity index (χ3v) is 6.94. The Hall–Kier alpha value is -3.60. The van der Waals surface area contributed by atoms with Crippen LogP contribution in [0.3, 0.4) is 0 Å². The van der Waals surface area contributed by atoms with Crippen molar-refractivity contribution in [1.29, 1.82) is 0 Å². The number of ether oxygens (including phenoxy) is 2. The van der Waals surface area contributed by atoms with E-state index in [0.29, 0.717) is 52.9 Å². The van der Waals surface area contributed by atoms with Crippen LogP contribution >= 0.6 is 11.8 Å². The number of rotatable bonds is 6. The number of carbonyl (C=O) groups excluding carboxylic acids is 2. The molecule has 2 aliphatic rings. The SMILES string of the molecule is Cc1c(Oc2cccc(C=C3SC(=O)N(C(C)C)C3=O)c2)ncnc1OC1CCN(C(=O)O)C(C)C1. The molecule has 3 amide bonds. The number of amides is 3. The van der Waals surface area contributed by atoms with E-state index in [1.54, 1.807) is 45.0 Å². The van der Waals surface area contributed by atoms with Crippen molar-refractivity contribution < 1.29 is 29.0 Å². The van der Waals surface area contributed by atoms with E-state index in [0.717, 1.165) is 11.8 Å². The summed E-state index contributed by atoms with van der Waals surface area (Å²) in [6.07, 6.45) is 3.08. The van der Waals surface area contributed by atoms with Crippen LogP contribution < -0.4 is 9.47 Å². The van der Waals surface area contributed by atoms with Gasteiger partial charge in [-0.15, -0.1) is 0 Å². The Morgan fingerprint density at radius 2 is 2.00 bits per heavy atom. The predicted octanol–water partition coefficient (Wildman–Crippen LogP) is 4.93. The smallest absolute Gasteiger partial charge is 0.407 e. The molecule has 1 aromatic carbocycles. The zero-order valence-corrected chi connectivity index (χ0v) is 21.3. The van der Waals surface area contributed by atoms with Gasteiger partial charge in [0.1, 0.15) is 18.2 Å². The Morgan fingerprint density at radius 3 is 2.67 bits per heavy atom. The lowest BCUT2D eigenvalue weighted by molar-refractivity contribution is -0.123. The molecule has 10 nitrogen and oxygen atoms in total. The summed E-state index contributed by atoms with van der Waals surface area (Å²) in [5.41, 5.74) is 1.33. The molecule has 0 spiro atoms. The Balaban J connectivity index is 1.47. The second kappa shape index (κ2) is 10.6. The van der Waals surface area contributed by atoms with Gasteiger partial charge in [-0.25, -0.2) is 14.8 Å². The van der Waals surface area contributed by atoms with Crippen molar-refractivity contribution in [2.45, 2.75) is 58.7 Å². The van der Waals surface area contributed by atoms with Gasteiger partial charge in [-0.05, 0) is 63.2 Å². The molecular weight excluding hydrogens is 484 g/mol. The normalized spacial score (nSPS) is 21.4. The standard InChI is InChI=1S/C25H28N4O6S/c1-14(2)29-23(30)20(36-25(29)33)12-17-6-5-7-18(11-17)34-21-16(4)22(27-13-26-21)35-19-8-9-28(24(31)32)15(3)10-19/h5-7,11-15,19H,8-10H2,1-4H3,(H,31,32). The van der Waals surface area contributed by atoms with Gasteiger partial charge in [0, 0.05) is 31.5 Å². The number of piperidine rings is 1. The van der Waals surface area contributed by atoms with Gasteiger partial charge >= 0.3 is 6.09 Å². The molecule has 0 aliphatic carbocycles. The summed E-state index contributed by atoms with van der Waals surface area (Å²) in [5.74, 6) is 0.916. The highest BCUT2D eigenvalue weighted by Crippen LogP contribution is 2.35. The Bertz CT molecular complexity index is 1220. The molecule has 4 rings (SSSR count). The van der Waals surface area contributed by atoms with Crippen molar-refractivity contribution in [3.8, 4) is 17.5 Å². The van der Waals surface area contributed by atoms with E-state index in [2.05, 4.69) is 9.97 Å². The summed E-state index contributed by atoms with van der Waals surface area (Å²) in [6.45, 7) is 7.66. The second-order valence-corrected chi connectivity index (χ2v) is 10.0. The molecule has 2 fully saturated rings. The van der Waals surface area contributed by atoms with E-state index in [1.165, 1.54) is 16.1 Å². The number of hydrogen-bond donors (Lipinski definition) is 1. The number of thioether (sulfide) groups is 1. The number of carboxylic acid groups (broad SMARTS) is 1. The fraction of sp³-hybridized carbons (Fsp3) is 0.400. The molecule has 2 saturated heterocycles. The largest absolute Gasteiger partial charge is 0.474 e. The molecule has 2 atom stereocenters. The fourth-order valence-electron chi connectivity index (χ4n) is 4.17. The number of hydrogen-bond acceptors (Lipinski definition) is 8. The van der Waals surface area contributed by atoms with E-state index < -0.39 is 6.09 Å². The van der Waals surface area contributed by atoms with Gasteiger partial charge in [0.05, 0.1) is 10.5 Å². The Morgan fingerprint density at radius 1 is 1.25 bits per heavy atom. The van der Waals surface area contributed by atoms with Crippen molar-refractivity contribution in [2.75, 3.05) is 6.54 Å². The third kappa shape index (κ3) is 5.46. The van der Waals surface area contributed by atoms with Crippen molar-refractivity contribution in [1.82, 2.24) is 19.8 Å². The van der Waals surface area contributed by atoms with Crippen LogP contribution in [-0.4, -0.2) is 66.8 Å². The minimum atomic E-state index is -0.924. The van der Waals surface area contributed by atoms with Gasteiger partial charge < -0.3 is 19.5 Å². The van der Waals surface area contributed by atoms with Gasteiger partial charge in [-0.3, -0.25) is 14.5 Å². The van der Waals surface area contributed by atoms with Crippen LogP contribution in [0, 0.1) is 6.92 Å². The molecule has 0 bridgehead atoms. The van der Waals surface area contributed by atoms with Crippen molar-refractivity contribution in [3.05, 3.63) is 46.6 Å². The van der Waals surface area contributed by atoms with Crippen LogP contribution in [0.1, 0.15) is 44.7 Å². The monoisotopic (exact) mass is 512 g/mol. The van der Waals surface area contributed by atoms with Crippen molar-refractivity contribution >= 4 is 35.1 Å². The molecule has 0 radical (unpaired) electrons. The predicted molar refractivity (Wildman–Crippen MR) is 134 cm³/mol. The topological polar surface area (TPSA) is 122 Å². The molecule has 1 aromatic heterocycles. The molecule has 2 unspecified atom stereocenters. The Kier molecular flexibility index (Phi) is 7.48. The fourth-order valence-corrected chi connectivity index (χ4v) is 5.14. The van der Waals surface area contributed by atoms with Gasteiger partial charge in [-0.1, -0.05) is 12.1 Å². The zero-order valence-electron chi connectivity index (χ0n) is 20.5. The van der Waals surface area contributed by atoms with Gasteiger partial charge in [0.25, 0.3) is 11.1 Å². The molecule has 2 aliphatic heterocycles. The quantitative estimate of drug-likeness (QED) is 0.537. The Labute approximate surface area is 213 Å². The zero-order chi connectivity index (χ0) is 26.0. The maximum atomic E-state index is 12.6. The average molecular weight is 513 g/mol. The van der Waals surface area contributed by atoms with Crippen LogP contribution in [0.4, 0.5) is 9.59 Å². The van der Waals surface area contributed by atoms with Crippen molar-refractivity contribution in [3.63, 3.8) is 0 Å². The maximum absolute atomic E-state index is 12.6. The average Bonchev–Trinajstić information content (AvgIpc) is 3.09. The van der Waals surface area contributed by atoms with Crippen LogP contribution in [0.5, 0.6) is 17.5 Å². The number of imide groups is 1. The first-order chi connectivity index (χ1) is 17.1. The van der Waals surface area contributed by atoms with Gasteiger partial charge in [0.15, 0.2) is 0 Å². The molecule has 2 aromatic rings. The summed E-state index contributed by atoms with van der Waals surface area (Å²) in [4.78, 5) is 47.5. The van der Waals surface area contributed by atoms with Gasteiger partial charge in [0.2, 0.25) is 11.8 Å². The molecule has 0 saturated carbocycles. The van der Waals surface area contributed by atoms with Crippen LogP contribution in [-0.2, 0) is 4.79 Å². The molecule has 190 valence electrons. The van der Waals surface area contributed by atoms with Gasteiger partial charge in [-0.2, -0.15) is 0 Å². The maximum Gasteiger partial charge on any atom is 0.407 e. The lowest BCUT2D eigenvalue weighted by atomic mass is 10.0. The summed E-state index contributed by atoms with van der Waals surface area (Å²) in [7, 11) is 0. The van der Waals surface area contributed by atoms with Crippen LogP contribution in [0.15, 0.2) is 35.5 Å². The van der Waals surface area contributed by atoms with Crippen LogP contribution in [0.25, 0.3) is 6.08 Å². The van der Waals surface area contributed by atoms with E-state index in [-0.39, 0.29) is 29.3 Å². The summed E-state index contributed by atoms with van der Waals surface area (Å²) in [5, 5.41) is 8.99. The molecule has 3 heterocycles. The van der Waals surface area contributed by atoms with E-state index >= 15 is 0 Å². The first-order valence-corrected chi connectivity index (χ1v) is 12.5. The summed E-state index contributed by atoms with van der Waals surface area (Å²) >= 11 is 0.922. The van der Waals surface area contributed by atoms with Crippen molar-refractivity contribution in [2.24, 2.45) is 0 Å². The van der Waals surface area contributed by atoms with E-state index in [4.69, 9.17) is 9.47 Å². The molecule has 1 N–H and O–H groups in total. The minimum Gasteiger partial charge on any atom is -0.474 e. The second-order valence-electron chi connectivity index (χ2n) is 9.02. The minimum absolute atomic E-state index is 0.149. The molecule has 36 heavy (non-hydrogen) atoms. The number of aromatic nitrogens is 2. The number of likely N-dealkylation sites (tertiary alicyclic amines) is 1. The number of carbonyl (C=O) groups is 3. The highest BCUT2D eigenvalue weighted by Gasteiger charge is 2.36. The lowest BCUT2D eigenvalue weighted by Crippen LogP contribution is -2.46. The van der Waals surface area contributed by atoms with E-state index in [1.807, 2.05) is 13.0 Å². The highest BCUT2D eigenvalue weighted by molar-refractivity contribution is 8.18. The third-order valence-electron chi connectivity index (χ3n) is 6.05. The summed E-state index contributed by atoms with van der Waals surface area (Å²) in [6, 6.07) is 6.78. The number of benzene rings is 1. The first kappa shape index (κ1) is 25.5. The van der Waals surface area contributed by atoms with Crippen LogP contribution in [0.2, 0.25) is 0 Å². The van der Waals surface area contributed by atoms with E-state index in [9.17, 15) is 19.5 Å². The molecule has 11 heteroatoms. The summed E-state index contributed by atoms with van der Waals surface area (Å²) < 4.78 is 12.1. The lowest BCUT2D eigenvalue weighted by Gasteiger charge is -2.35. The molecular formula is C25H28N4O6S. The highest BCUT2D eigenvalue weighted by atomic mass is 32.2.